The van der Waals surface area contributed by atoms with Crippen LogP contribution in [-0.4, -0.2) is 34.8 Å². The van der Waals surface area contributed by atoms with Crippen LogP contribution in [0.25, 0.3) is 0 Å². The second-order valence-corrected chi connectivity index (χ2v) is 6.27. The molecule has 0 aliphatic heterocycles. The third kappa shape index (κ3) is 6.91. The Bertz CT molecular complexity index is 675. The molecule has 8 heteroatoms. The number of ketones is 1. The lowest BCUT2D eigenvalue weighted by atomic mass is 9.75. The largest absolute Gasteiger partial charge is 0.475 e. The Balaban J connectivity index is 2.83. The van der Waals surface area contributed by atoms with Gasteiger partial charge in [-0.15, -0.1) is 0 Å². The van der Waals surface area contributed by atoms with E-state index in [1.165, 1.54) is 0 Å². The lowest BCUT2D eigenvalue weighted by Gasteiger charge is -2.19. The standard InChI is InChI=1S/C15H20BCl2NO4/c1-9(2)7-14(16(22)23)19-15(21)6-5-13(20)11-8-10(17)3-4-12(11)18/h3-4,8-9,14,22-23H,5-7H2,1-2H3,(H,19,21)/t14-/m0/s1/i3D,4D,8D. The Morgan fingerprint density at radius 1 is 1.30 bits per heavy atom. The third-order valence-electron chi connectivity index (χ3n) is 3.03. The van der Waals surface area contributed by atoms with E-state index in [1.807, 2.05) is 13.8 Å². The molecule has 1 atom stereocenters. The number of carbonyl (C=O) groups excluding carboxylic acids is 2. The first-order valence-electron chi connectivity index (χ1n) is 8.60. The molecule has 0 bridgehead atoms. The maximum atomic E-state index is 12.3. The molecule has 126 valence electrons. The Morgan fingerprint density at radius 3 is 2.52 bits per heavy atom. The summed E-state index contributed by atoms with van der Waals surface area (Å²) in [6, 6.07) is -1.35. The average molecular weight is 363 g/mol. The molecule has 0 fully saturated rings. The molecule has 0 aromatic heterocycles. The predicted octanol–water partition coefficient (Wildman–Crippen LogP) is 2.50. The van der Waals surface area contributed by atoms with Gasteiger partial charge in [0.15, 0.2) is 5.78 Å². The van der Waals surface area contributed by atoms with Crippen molar-refractivity contribution in [3.8, 4) is 0 Å². The Hall–Kier alpha value is -1.08. The first kappa shape index (κ1) is 15.5. The van der Waals surface area contributed by atoms with Gasteiger partial charge in [0.2, 0.25) is 5.91 Å². The second-order valence-electron chi connectivity index (χ2n) is 5.52. The summed E-state index contributed by atoms with van der Waals surface area (Å²) in [4.78, 5) is 24.3. The zero-order valence-corrected chi connectivity index (χ0v) is 14.3. The normalized spacial score (nSPS) is 14.0. The summed E-state index contributed by atoms with van der Waals surface area (Å²) in [5.41, 5.74) is -0.300. The van der Waals surface area contributed by atoms with Crippen molar-refractivity contribution in [3.05, 3.63) is 33.7 Å². The van der Waals surface area contributed by atoms with Crippen LogP contribution >= 0.6 is 23.2 Å². The zero-order chi connectivity index (χ0) is 20.2. The van der Waals surface area contributed by atoms with Crippen molar-refractivity contribution in [2.45, 2.75) is 39.1 Å². The van der Waals surface area contributed by atoms with Crippen LogP contribution in [-0.2, 0) is 4.79 Å². The fraction of sp³-hybridized carbons (Fsp3) is 0.467. The Morgan fingerprint density at radius 2 is 1.96 bits per heavy atom. The van der Waals surface area contributed by atoms with Crippen molar-refractivity contribution in [2.24, 2.45) is 5.92 Å². The molecule has 0 unspecified atom stereocenters. The molecule has 0 aliphatic rings. The number of halogens is 2. The fourth-order valence-corrected chi connectivity index (χ4v) is 2.30. The van der Waals surface area contributed by atoms with Crippen molar-refractivity contribution >= 4 is 42.0 Å². The number of carbonyl (C=O) groups is 2. The molecule has 23 heavy (non-hydrogen) atoms. The molecule has 5 nitrogen and oxygen atoms in total. The summed E-state index contributed by atoms with van der Waals surface area (Å²) in [5, 5.41) is 20.4. The van der Waals surface area contributed by atoms with Crippen molar-refractivity contribution in [1.82, 2.24) is 5.32 Å². The first-order valence-corrected chi connectivity index (χ1v) is 7.86. The smallest absolute Gasteiger partial charge is 0.426 e. The van der Waals surface area contributed by atoms with E-state index in [9.17, 15) is 19.6 Å². The van der Waals surface area contributed by atoms with Crippen molar-refractivity contribution in [3.63, 3.8) is 0 Å². The maximum Gasteiger partial charge on any atom is 0.475 e. The van der Waals surface area contributed by atoms with Gasteiger partial charge >= 0.3 is 7.12 Å². The van der Waals surface area contributed by atoms with Gasteiger partial charge in [-0.25, -0.2) is 0 Å². The van der Waals surface area contributed by atoms with Crippen LogP contribution in [0.2, 0.25) is 10.0 Å². The number of amides is 1. The van der Waals surface area contributed by atoms with Crippen molar-refractivity contribution in [2.75, 3.05) is 0 Å². The minimum atomic E-state index is -1.72. The van der Waals surface area contributed by atoms with E-state index in [0.29, 0.717) is 6.42 Å². The number of hydrogen-bond acceptors (Lipinski definition) is 4. The summed E-state index contributed by atoms with van der Waals surface area (Å²) in [6.07, 6.45) is -0.215. The summed E-state index contributed by atoms with van der Waals surface area (Å²) in [7, 11) is -1.72. The monoisotopic (exact) mass is 362 g/mol. The summed E-state index contributed by atoms with van der Waals surface area (Å²) in [6.45, 7) is 3.72. The third-order valence-corrected chi connectivity index (χ3v) is 3.50. The molecule has 0 saturated heterocycles. The van der Waals surface area contributed by atoms with Gasteiger partial charge in [0.05, 0.1) is 15.1 Å². The molecular weight excluding hydrogens is 340 g/mol. The van der Waals surface area contributed by atoms with E-state index in [1.54, 1.807) is 0 Å². The SMILES string of the molecule is [2H]c1c([2H])c(Cl)c(C(=O)CCC(=O)N[C@@H](CC(C)C)B(O)O)c([2H])c1Cl. The summed E-state index contributed by atoms with van der Waals surface area (Å²) in [5.74, 6) is -1.95. The number of hydrogen-bond donors (Lipinski definition) is 3. The van der Waals surface area contributed by atoms with E-state index in [0.717, 1.165) is 0 Å². The molecule has 0 aliphatic carbocycles. The second kappa shape index (κ2) is 9.28. The van der Waals surface area contributed by atoms with Crippen molar-refractivity contribution < 1.29 is 23.7 Å². The van der Waals surface area contributed by atoms with Gasteiger partial charge in [-0.2, -0.15) is 0 Å². The number of Topliss-reactive ketones (excluding diaryl/α,β-unsaturated/α-hetero) is 1. The molecule has 1 aromatic carbocycles. The highest BCUT2D eigenvalue weighted by atomic mass is 35.5. The van der Waals surface area contributed by atoms with Crippen LogP contribution in [0.4, 0.5) is 0 Å². The number of nitrogens with one attached hydrogen (secondary N) is 1. The molecule has 1 rings (SSSR count). The lowest BCUT2D eigenvalue weighted by molar-refractivity contribution is -0.121. The summed E-state index contributed by atoms with van der Waals surface area (Å²) < 4.78 is 23.1. The zero-order valence-electron chi connectivity index (χ0n) is 15.8. The molecule has 1 amide bonds. The Labute approximate surface area is 150 Å². The van der Waals surface area contributed by atoms with Gasteiger partial charge in [0.25, 0.3) is 0 Å². The van der Waals surface area contributed by atoms with E-state index >= 15 is 0 Å². The van der Waals surface area contributed by atoms with Crippen molar-refractivity contribution in [1.29, 1.82) is 0 Å². The van der Waals surface area contributed by atoms with E-state index in [4.69, 9.17) is 27.3 Å². The van der Waals surface area contributed by atoms with Gasteiger partial charge in [-0.1, -0.05) is 37.0 Å². The number of benzene rings is 1. The van der Waals surface area contributed by atoms with Gasteiger partial charge in [-0.05, 0) is 30.5 Å². The van der Waals surface area contributed by atoms with E-state index < -0.39 is 42.9 Å². The highest BCUT2D eigenvalue weighted by molar-refractivity contribution is 6.43. The van der Waals surface area contributed by atoms with Crippen LogP contribution < -0.4 is 5.32 Å². The molecule has 3 N–H and O–H groups in total. The van der Waals surface area contributed by atoms with Crippen LogP contribution in [0.5, 0.6) is 0 Å². The quantitative estimate of drug-likeness (QED) is 0.489. The summed E-state index contributed by atoms with van der Waals surface area (Å²) >= 11 is 11.7. The van der Waals surface area contributed by atoms with E-state index in [-0.39, 0.29) is 34.4 Å². The van der Waals surface area contributed by atoms with Crippen LogP contribution in [0, 0.1) is 5.92 Å². The van der Waals surface area contributed by atoms with Crippen LogP contribution in [0.15, 0.2) is 18.1 Å². The maximum absolute atomic E-state index is 12.3. The topological polar surface area (TPSA) is 86.6 Å². The average Bonchev–Trinajstić information content (AvgIpc) is 2.55. The van der Waals surface area contributed by atoms with Gasteiger partial charge < -0.3 is 15.4 Å². The van der Waals surface area contributed by atoms with Gasteiger partial charge in [0, 0.05) is 23.4 Å². The molecule has 0 saturated carbocycles. The molecule has 0 heterocycles. The lowest BCUT2D eigenvalue weighted by Crippen LogP contribution is -2.47. The van der Waals surface area contributed by atoms with Gasteiger partial charge in [0.1, 0.15) is 0 Å². The highest BCUT2D eigenvalue weighted by Crippen LogP contribution is 2.22. The van der Waals surface area contributed by atoms with Gasteiger partial charge in [-0.3, -0.25) is 9.59 Å². The first-order chi connectivity index (χ1) is 12.0. The predicted molar refractivity (Wildman–Crippen MR) is 91.6 cm³/mol. The van der Waals surface area contributed by atoms with Crippen LogP contribution in [0.1, 0.15) is 47.6 Å². The fourth-order valence-electron chi connectivity index (χ4n) is 1.95. The molecule has 1 aromatic rings. The number of rotatable bonds is 8. The van der Waals surface area contributed by atoms with Crippen LogP contribution in [0.3, 0.4) is 0 Å². The molecular formula is C15H20BCl2NO4. The molecule has 0 spiro atoms. The Kier molecular flexibility index (Phi) is 6.23. The highest BCUT2D eigenvalue weighted by Gasteiger charge is 2.26. The minimum absolute atomic E-state index is 0.120. The van der Waals surface area contributed by atoms with E-state index in [2.05, 4.69) is 5.32 Å². The minimum Gasteiger partial charge on any atom is -0.426 e. The molecule has 0 radical (unpaired) electrons.